The number of hydrogen-bond acceptors (Lipinski definition) is 5. The van der Waals surface area contributed by atoms with Gasteiger partial charge in [0.2, 0.25) is 5.91 Å². The molecule has 1 saturated heterocycles. The van der Waals surface area contributed by atoms with Crippen molar-refractivity contribution in [1.29, 1.82) is 0 Å². The third kappa shape index (κ3) is 5.03. The van der Waals surface area contributed by atoms with Crippen molar-refractivity contribution in [3.63, 3.8) is 0 Å². The molecule has 2 heterocycles. The molecule has 1 aliphatic rings. The molecule has 1 atom stereocenters. The number of hydrogen-bond donors (Lipinski definition) is 1. The summed E-state index contributed by atoms with van der Waals surface area (Å²) in [6, 6.07) is 27.0. The summed E-state index contributed by atoms with van der Waals surface area (Å²) in [5.74, 6) is 0.944. The van der Waals surface area contributed by atoms with E-state index in [1.54, 1.807) is 19.1 Å². The van der Waals surface area contributed by atoms with Gasteiger partial charge in [0.25, 0.3) is 11.8 Å². The van der Waals surface area contributed by atoms with E-state index in [1.807, 2.05) is 84.6 Å². The molecule has 37 heavy (non-hydrogen) atoms. The zero-order valence-electron chi connectivity index (χ0n) is 21.1. The van der Waals surface area contributed by atoms with Crippen molar-refractivity contribution < 1.29 is 14.1 Å². The van der Waals surface area contributed by atoms with Gasteiger partial charge in [-0.2, -0.15) is 4.98 Å². The minimum absolute atomic E-state index is 0.00126. The van der Waals surface area contributed by atoms with Gasteiger partial charge < -0.3 is 14.7 Å². The van der Waals surface area contributed by atoms with Crippen molar-refractivity contribution in [2.75, 3.05) is 13.1 Å². The summed E-state index contributed by atoms with van der Waals surface area (Å²) >= 11 is 0. The number of amides is 2. The van der Waals surface area contributed by atoms with Gasteiger partial charge in [0.05, 0.1) is 11.5 Å². The largest absolute Gasteiger partial charge is 0.349 e. The number of aryl methyl sites for hydroxylation is 1. The van der Waals surface area contributed by atoms with Crippen molar-refractivity contribution >= 4 is 11.8 Å². The molecule has 0 bridgehead atoms. The Morgan fingerprint density at radius 3 is 2.14 bits per heavy atom. The number of nitrogens with zero attached hydrogens (tertiary/aromatic N) is 3. The Morgan fingerprint density at radius 2 is 1.54 bits per heavy atom. The molecule has 0 spiro atoms. The SMILES string of the molecule is Cc1noc(-c2ccc(C(=O)N3CCC(C(=O)N[C@@H](C)c4ccccc4)(c4ccccc4)CC3)cc2)n1. The van der Waals surface area contributed by atoms with Crippen LogP contribution in [-0.2, 0) is 10.2 Å². The highest BCUT2D eigenvalue weighted by molar-refractivity contribution is 5.95. The Labute approximate surface area is 216 Å². The van der Waals surface area contributed by atoms with E-state index in [1.165, 1.54) is 0 Å². The van der Waals surface area contributed by atoms with Gasteiger partial charge in [0.1, 0.15) is 0 Å². The van der Waals surface area contributed by atoms with Crippen LogP contribution in [0, 0.1) is 6.92 Å². The van der Waals surface area contributed by atoms with Gasteiger partial charge in [-0.15, -0.1) is 0 Å². The van der Waals surface area contributed by atoms with Gasteiger partial charge in [-0.3, -0.25) is 9.59 Å². The standard InChI is InChI=1S/C30H30N4O3/c1-21(23-9-5-3-6-10-23)31-29(36)30(26-11-7-4-8-12-26)17-19-34(20-18-30)28(35)25-15-13-24(14-16-25)27-32-22(2)33-37-27/h3-16,21H,17-20H2,1-2H3,(H,31,36)/t21-/m0/s1. The fraction of sp³-hybridized carbons (Fsp3) is 0.267. The topological polar surface area (TPSA) is 88.3 Å². The van der Waals surface area contributed by atoms with Crippen molar-refractivity contribution in [3.8, 4) is 11.5 Å². The van der Waals surface area contributed by atoms with Gasteiger partial charge in [0, 0.05) is 24.2 Å². The van der Waals surface area contributed by atoms with Crippen LogP contribution in [0.5, 0.6) is 0 Å². The van der Waals surface area contributed by atoms with Gasteiger partial charge in [-0.1, -0.05) is 65.8 Å². The van der Waals surface area contributed by atoms with Gasteiger partial charge in [-0.05, 0) is 62.1 Å². The molecule has 0 unspecified atom stereocenters. The van der Waals surface area contributed by atoms with Crippen molar-refractivity contribution in [2.45, 2.75) is 38.1 Å². The monoisotopic (exact) mass is 494 g/mol. The zero-order valence-corrected chi connectivity index (χ0v) is 21.1. The lowest BCUT2D eigenvalue weighted by Crippen LogP contribution is -2.53. The first kappa shape index (κ1) is 24.4. The number of rotatable bonds is 6. The van der Waals surface area contributed by atoms with E-state index in [9.17, 15) is 9.59 Å². The van der Waals surface area contributed by atoms with Gasteiger partial charge >= 0.3 is 0 Å². The van der Waals surface area contributed by atoms with Crippen LogP contribution < -0.4 is 5.32 Å². The minimum Gasteiger partial charge on any atom is -0.349 e. The van der Waals surface area contributed by atoms with Crippen LogP contribution in [0.25, 0.3) is 11.5 Å². The summed E-state index contributed by atoms with van der Waals surface area (Å²) in [6.07, 6.45) is 1.10. The molecule has 5 rings (SSSR count). The predicted molar refractivity (Wildman–Crippen MR) is 141 cm³/mol. The molecule has 1 N–H and O–H groups in total. The molecule has 3 aromatic carbocycles. The second kappa shape index (κ2) is 10.4. The Kier molecular flexibility index (Phi) is 6.86. The fourth-order valence-electron chi connectivity index (χ4n) is 5.01. The first-order chi connectivity index (χ1) is 18.0. The first-order valence-corrected chi connectivity index (χ1v) is 12.6. The normalized spacial score (nSPS) is 15.7. The summed E-state index contributed by atoms with van der Waals surface area (Å²) < 4.78 is 5.22. The van der Waals surface area contributed by atoms with E-state index in [0.29, 0.717) is 43.2 Å². The van der Waals surface area contributed by atoms with Crippen molar-refractivity contribution in [3.05, 3.63) is 107 Å². The Bertz CT molecular complexity index is 1360. The molecule has 4 aromatic rings. The Hall–Kier alpha value is -4.26. The van der Waals surface area contributed by atoms with E-state index in [0.717, 1.165) is 16.7 Å². The fourth-order valence-corrected chi connectivity index (χ4v) is 5.01. The van der Waals surface area contributed by atoms with Crippen LogP contribution in [0.2, 0.25) is 0 Å². The maximum Gasteiger partial charge on any atom is 0.257 e. The maximum absolute atomic E-state index is 13.8. The van der Waals surface area contributed by atoms with E-state index in [4.69, 9.17) is 4.52 Å². The molecule has 1 aliphatic heterocycles. The third-order valence-corrected chi connectivity index (χ3v) is 7.22. The van der Waals surface area contributed by atoms with E-state index in [-0.39, 0.29) is 17.9 Å². The quantitative estimate of drug-likeness (QED) is 0.403. The molecular formula is C30H30N4O3. The second-order valence-corrected chi connectivity index (χ2v) is 9.57. The number of likely N-dealkylation sites (tertiary alicyclic amines) is 1. The van der Waals surface area contributed by atoms with Crippen LogP contribution in [0.15, 0.2) is 89.5 Å². The maximum atomic E-state index is 13.8. The lowest BCUT2D eigenvalue weighted by molar-refractivity contribution is -0.129. The van der Waals surface area contributed by atoms with E-state index in [2.05, 4.69) is 15.5 Å². The average Bonchev–Trinajstić information content (AvgIpc) is 3.40. The summed E-state index contributed by atoms with van der Waals surface area (Å²) in [7, 11) is 0. The molecule has 1 aromatic heterocycles. The highest BCUT2D eigenvalue weighted by Crippen LogP contribution is 2.37. The van der Waals surface area contributed by atoms with Crippen LogP contribution in [0.1, 0.15) is 53.1 Å². The van der Waals surface area contributed by atoms with Crippen LogP contribution in [0.4, 0.5) is 0 Å². The average molecular weight is 495 g/mol. The summed E-state index contributed by atoms with van der Waals surface area (Å²) in [5.41, 5.74) is 2.71. The zero-order chi connectivity index (χ0) is 25.8. The number of carbonyl (C=O) groups excluding carboxylic acids is 2. The van der Waals surface area contributed by atoms with Crippen LogP contribution in [0.3, 0.4) is 0 Å². The number of piperidine rings is 1. The lowest BCUT2D eigenvalue weighted by atomic mass is 9.71. The molecule has 7 heteroatoms. The minimum atomic E-state index is -0.694. The molecule has 0 radical (unpaired) electrons. The summed E-state index contributed by atoms with van der Waals surface area (Å²) in [4.78, 5) is 33.2. The van der Waals surface area contributed by atoms with Gasteiger partial charge in [-0.25, -0.2) is 0 Å². The van der Waals surface area contributed by atoms with Crippen LogP contribution >= 0.6 is 0 Å². The van der Waals surface area contributed by atoms with Crippen LogP contribution in [-0.4, -0.2) is 39.9 Å². The Balaban J connectivity index is 1.31. The predicted octanol–water partition coefficient (Wildman–Crippen LogP) is 5.10. The van der Waals surface area contributed by atoms with Crippen molar-refractivity contribution in [2.24, 2.45) is 0 Å². The lowest BCUT2D eigenvalue weighted by Gasteiger charge is -2.41. The molecule has 0 aliphatic carbocycles. The number of aromatic nitrogens is 2. The molecule has 7 nitrogen and oxygen atoms in total. The summed E-state index contributed by atoms with van der Waals surface area (Å²) in [6.45, 7) is 4.75. The molecular weight excluding hydrogens is 464 g/mol. The molecule has 2 amide bonds. The molecule has 1 fully saturated rings. The number of nitrogens with one attached hydrogen (secondary N) is 1. The highest BCUT2D eigenvalue weighted by atomic mass is 16.5. The van der Waals surface area contributed by atoms with Gasteiger partial charge in [0.15, 0.2) is 5.82 Å². The smallest absolute Gasteiger partial charge is 0.257 e. The van der Waals surface area contributed by atoms with Crippen molar-refractivity contribution in [1.82, 2.24) is 20.4 Å². The second-order valence-electron chi connectivity index (χ2n) is 9.57. The number of benzene rings is 3. The molecule has 0 saturated carbocycles. The summed E-state index contributed by atoms with van der Waals surface area (Å²) in [5, 5.41) is 7.06. The van der Waals surface area contributed by atoms with E-state index < -0.39 is 5.41 Å². The Morgan fingerprint density at radius 1 is 0.919 bits per heavy atom. The highest BCUT2D eigenvalue weighted by Gasteiger charge is 2.44. The third-order valence-electron chi connectivity index (χ3n) is 7.22. The number of carbonyl (C=O) groups is 2. The van der Waals surface area contributed by atoms with E-state index >= 15 is 0 Å². The molecule has 188 valence electrons. The first-order valence-electron chi connectivity index (χ1n) is 12.6.